The Morgan fingerprint density at radius 1 is 1.42 bits per heavy atom. The van der Waals surface area contributed by atoms with Gasteiger partial charge in [0.15, 0.2) is 0 Å². The maximum Gasteiger partial charge on any atom is 0.237 e. The van der Waals surface area contributed by atoms with E-state index in [1.54, 1.807) is 0 Å². The van der Waals surface area contributed by atoms with Gasteiger partial charge in [0.1, 0.15) is 0 Å². The minimum Gasteiger partial charge on any atom is -0.380 e. The molecule has 1 amide bonds. The van der Waals surface area contributed by atoms with Crippen LogP contribution in [0.5, 0.6) is 0 Å². The molecule has 0 aromatic heterocycles. The van der Waals surface area contributed by atoms with Crippen LogP contribution in [0.1, 0.15) is 18.1 Å². The van der Waals surface area contributed by atoms with E-state index >= 15 is 0 Å². The van der Waals surface area contributed by atoms with Gasteiger partial charge >= 0.3 is 0 Å². The lowest BCUT2D eigenvalue weighted by atomic mass is 9.88. The molecule has 1 atom stereocenters. The molecule has 2 N–H and O–H groups in total. The molecule has 1 aromatic carbocycles. The first-order chi connectivity index (χ1) is 9.16. The second-order valence-electron chi connectivity index (χ2n) is 5.93. The van der Waals surface area contributed by atoms with Gasteiger partial charge in [-0.1, -0.05) is 31.2 Å². The van der Waals surface area contributed by atoms with Gasteiger partial charge in [0.2, 0.25) is 5.91 Å². The van der Waals surface area contributed by atoms with E-state index in [9.17, 15) is 4.79 Å². The predicted octanol–water partition coefficient (Wildman–Crippen LogP) is 0.854. The van der Waals surface area contributed by atoms with Gasteiger partial charge < -0.3 is 15.4 Å². The van der Waals surface area contributed by atoms with Crippen molar-refractivity contribution in [3.8, 4) is 0 Å². The molecular weight excluding hydrogens is 240 g/mol. The van der Waals surface area contributed by atoms with Crippen LogP contribution in [0.25, 0.3) is 0 Å². The van der Waals surface area contributed by atoms with E-state index in [1.807, 2.05) is 12.1 Å². The molecule has 1 saturated heterocycles. The molecule has 2 aliphatic rings. The van der Waals surface area contributed by atoms with Crippen LogP contribution in [-0.4, -0.2) is 31.7 Å². The summed E-state index contributed by atoms with van der Waals surface area (Å²) in [7, 11) is 0. The zero-order valence-electron chi connectivity index (χ0n) is 11.2. The van der Waals surface area contributed by atoms with Gasteiger partial charge in [-0.25, -0.2) is 0 Å². The van der Waals surface area contributed by atoms with Crippen molar-refractivity contribution in [3.05, 3.63) is 35.4 Å². The smallest absolute Gasteiger partial charge is 0.237 e. The van der Waals surface area contributed by atoms with Crippen molar-refractivity contribution in [1.29, 1.82) is 0 Å². The fourth-order valence-electron chi connectivity index (χ4n) is 2.62. The largest absolute Gasteiger partial charge is 0.380 e. The standard InChI is InChI=1S/C15H20N2O2/c1-15(9-19-10-15)8-17-14(18)13-6-11-4-2-3-5-12(11)7-16-13/h2-5,13,16H,6-10H2,1H3,(H,17,18). The van der Waals surface area contributed by atoms with Crippen LogP contribution < -0.4 is 10.6 Å². The zero-order valence-corrected chi connectivity index (χ0v) is 11.2. The first-order valence-corrected chi connectivity index (χ1v) is 6.82. The van der Waals surface area contributed by atoms with E-state index in [0.29, 0.717) is 6.54 Å². The third kappa shape index (κ3) is 2.65. The Morgan fingerprint density at radius 3 is 2.84 bits per heavy atom. The van der Waals surface area contributed by atoms with Gasteiger partial charge in [0.25, 0.3) is 0 Å². The summed E-state index contributed by atoms with van der Waals surface area (Å²) in [4.78, 5) is 12.2. The van der Waals surface area contributed by atoms with Crippen LogP contribution in [0.2, 0.25) is 0 Å². The number of amides is 1. The zero-order chi connectivity index (χ0) is 13.3. The van der Waals surface area contributed by atoms with Crippen molar-refractivity contribution >= 4 is 5.91 Å². The minimum absolute atomic E-state index is 0.0997. The normalized spacial score (nSPS) is 24.2. The van der Waals surface area contributed by atoms with Crippen molar-refractivity contribution in [1.82, 2.24) is 10.6 Å². The van der Waals surface area contributed by atoms with Crippen LogP contribution in [0, 0.1) is 5.41 Å². The number of hydrogen-bond donors (Lipinski definition) is 2. The highest BCUT2D eigenvalue weighted by Gasteiger charge is 2.34. The maximum absolute atomic E-state index is 12.2. The molecule has 19 heavy (non-hydrogen) atoms. The molecule has 0 spiro atoms. The number of fused-ring (bicyclic) bond motifs is 1. The summed E-state index contributed by atoms with van der Waals surface area (Å²) in [5.41, 5.74) is 2.70. The maximum atomic E-state index is 12.2. The fraction of sp³-hybridized carbons (Fsp3) is 0.533. The lowest BCUT2D eigenvalue weighted by Crippen LogP contribution is -2.53. The summed E-state index contributed by atoms with van der Waals surface area (Å²) < 4.78 is 5.20. The molecule has 1 aromatic rings. The van der Waals surface area contributed by atoms with Crippen molar-refractivity contribution in [2.24, 2.45) is 5.41 Å². The highest BCUT2D eigenvalue weighted by molar-refractivity contribution is 5.82. The van der Waals surface area contributed by atoms with E-state index in [4.69, 9.17) is 4.74 Å². The van der Waals surface area contributed by atoms with Gasteiger partial charge in [-0.15, -0.1) is 0 Å². The number of nitrogens with one attached hydrogen (secondary N) is 2. The molecule has 102 valence electrons. The number of hydrogen-bond acceptors (Lipinski definition) is 3. The fourth-order valence-corrected chi connectivity index (χ4v) is 2.62. The molecular formula is C15H20N2O2. The summed E-state index contributed by atoms with van der Waals surface area (Å²) in [6.07, 6.45) is 0.773. The van der Waals surface area contributed by atoms with E-state index in [2.05, 4.69) is 29.7 Å². The Labute approximate surface area is 113 Å². The Balaban J connectivity index is 1.57. The molecule has 4 nitrogen and oxygen atoms in total. The molecule has 0 bridgehead atoms. The Bertz CT molecular complexity index is 483. The Hall–Kier alpha value is -1.39. The summed E-state index contributed by atoms with van der Waals surface area (Å²) in [6, 6.07) is 8.18. The summed E-state index contributed by atoms with van der Waals surface area (Å²) >= 11 is 0. The van der Waals surface area contributed by atoms with Gasteiger partial charge in [0, 0.05) is 18.5 Å². The van der Waals surface area contributed by atoms with Crippen LogP contribution >= 0.6 is 0 Å². The quantitative estimate of drug-likeness (QED) is 0.847. The molecule has 2 aliphatic heterocycles. The average Bonchev–Trinajstić information content (AvgIpc) is 2.42. The summed E-state index contributed by atoms with van der Waals surface area (Å²) in [6.45, 7) is 5.10. The first-order valence-electron chi connectivity index (χ1n) is 6.82. The van der Waals surface area contributed by atoms with Crippen LogP contribution in [0.15, 0.2) is 24.3 Å². The minimum atomic E-state index is -0.112. The monoisotopic (exact) mass is 260 g/mol. The SMILES string of the molecule is CC1(CNC(=O)C2Cc3ccccc3CN2)COC1. The van der Waals surface area contributed by atoms with E-state index in [-0.39, 0.29) is 17.4 Å². The van der Waals surface area contributed by atoms with E-state index < -0.39 is 0 Å². The van der Waals surface area contributed by atoms with Gasteiger partial charge in [-0.3, -0.25) is 4.79 Å². The summed E-state index contributed by atoms with van der Waals surface area (Å²) in [5.74, 6) is 0.0997. The van der Waals surface area contributed by atoms with Crippen LogP contribution in [0.3, 0.4) is 0 Å². The molecule has 1 unspecified atom stereocenters. The van der Waals surface area contributed by atoms with Gasteiger partial charge in [-0.05, 0) is 17.5 Å². The number of carbonyl (C=O) groups is 1. The van der Waals surface area contributed by atoms with E-state index in [0.717, 1.165) is 26.2 Å². The topological polar surface area (TPSA) is 50.4 Å². The lowest BCUT2D eigenvalue weighted by molar-refractivity contribution is -0.128. The van der Waals surface area contributed by atoms with Crippen molar-refractivity contribution < 1.29 is 9.53 Å². The average molecular weight is 260 g/mol. The molecule has 0 radical (unpaired) electrons. The van der Waals surface area contributed by atoms with E-state index in [1.165, 1.54) is 11.1 Å². The number of rotatable bonds is 3. The van der Waals surface area contributed by atoms with Gasteiger partial charge in [0.05, 0.1) is 19.3 Å². The van der Waals surface area contributed by atoms with Crippen molar-refractivity contribution in [2.45, 2.75) is 25.9 Å². The molecule has 3 rings (SSSR count). The predicted molar refractivity (Wildman–Crippen MR) is 72.7 cm³/mol. The van der Waals surface area contributed by atoms with Gasteiger partial charge in [-0.2, -0.15) is 0 Å². The second-order valence-corrected chi connectivity index (χ2v) is 5.93. The first kappa shape index (κ1) is 12.6. The number of benzene rings is 1. The molecule has 1 fully saturated rings. The molecule has 0 saturated carbocycles. The summed E-state index contributed by atoms with van der Waals surface area (Å²) in [5, 5.41) is 6.35. The third-order valence-corrected chi connectivity index (χ3v) is 3.99. The highest BCUT2D eigenvalue weighted by Crippen LogP contribution is 2.25. The highest BCUT2D eigenvalue weighted by atomic mass is 16.5. The third-order valence-electron chi connectivity index (χ3n) is 3.99. The lowest BCUT2D eigenvalue weighted by Gasteiger charge is -2.38. The second kappa shape index (κ2) is 4.94. The van der Waals surface area contributed by atoms with Crippen molar-refractivity contribution in [2.75, 3.05) is 19.8 Å². The van der Waals surface area contributed by atoms with Crippen LogP contribution in [0.4, 0.5) is 0 Å². The number of carbonyl (C=O) groups excluding carboxylic acids is 1. The molecule has 2 heterocycles. The Morgan fingerprint density at radius 2 is 2.16 bits per heavy atom. The van der Waals surface area contributed by atoms with Crippen LogP contribution in [-0.2, 0) is 22.5 Å². The number of ether oxygens (including phenoxy) is 1. The van der Waals surface area contributed by atoms with Crippen molar-refractivity contribution in [3.63, 3.8) is 0 Å². The molecule has 4 heteroatoms. The molecule has 0 aliphatic carbocycles. The Kier molecular flexibility index (Phi) is 3.29.